The lowest BCUT2D eigenvalue weighted by atomic mass is 10.0. The summed E-state index contributed by atoms with van der Waals surface area (Å²) in [5.74, 6) is 0. The molecule has 0 aliphatic carbocycles. The van der Waals surface area contributed by atoms with E-state index >= 15 is 0 Å². The molecule has 0 spiro atoms. The van der Waals surface area contributed by atoms with Crippen LogP contribution in [-0.2, 0) is 6.18 Å². The van der Waals surface area contributed by atoms with Crippen molar-refractivity contribution >= 4 is 43.2 Å². The van der Waals surface area contributed by atoms with Gasteiger partial charge in [0.15, 0.2) is 0 Å². The molecule has 0 aliphatic heterocycles. The molecule has 1 heterocycles. The Hall–Kier alpha value is -0.370. The van der Waals surface area contributed by atoms with Gasteiger partial charge < -0.3 is 5.73 Å². The molecular weight excluding hydrogens is 419 g/mol. The molecule has 0 bridgehead atoms. The first-order valence-electron chi connectivity index (χ1n) is 5.58. The van der Waals surface area contributed by atoms with E-state index in [-0.39, 0.29) is 4.47 Å². The smallest absolute Gasteiger partial charge is 0.320 e. The Morgan fingerprint density at radius 2 is 1.85 bits per heavy atom. The number of nitrogens with two attached hydrogens (primary N) is 1. The maximum Gasteiger partial charge on any atom is 0.417 e. The van der Waals surface area contributed by atoms with Crippen molar-refractivity contribution in [1.82, 2.24) is 0 Å². The molecule has 1 nitrogen and oxygen atoms in total. The van der Waals surface area contributed by atoms with Crippen LogP contribution in [0.15, 0.2) is 32.5 Å². The third-order valence-electron chi connectivity index (χ3n) is 2.84. The lowest BCUT2D eigenvalue weighted by Gasteiger charge is -2.14. The van der Waals surface area contributed by atoms with Crippen LogP contribution < -0.4 is 5.73 Å². The topological polar surface area (TPSA) is 26.0 Å². The predicted octanol–water partition coefficient (Wildman–Crippen LogP) is 5.65. The molecule has 1 aromatic carbocycles. The monoisotopic (exact) mass is 427 g/mol. The van der Waals surface area contributed by atoms with Crippen molar-refractivity contribution in [3.8, 4) is 0 Å². The number of alkyl halides is 3. The summed E-state index contributed by atoms with van der Waals surface area (Å²) in [5, 5.41) is 0. The first-order valence-corrected chi connectivity index (χ1v) is 7.98. The molecule has 7 heteroatoms. The van der Waals surface area contributed by atoms with E-state index in [1.54, 1.807) is 6.07 Å². The maximum atomic E-state index is 12.9. The van der Waals surface area contributed by atoms with E-state index in [4.69, 9.17) is 5.73 Å². The highest BCUT2D eigenvalue weighted by molar-refractivity contribution is 9.11. The molecule has 0 radical (unpaired) electrons. The largest absolute Gasteiger partial charge is 0.417 e. The summed E-state index contributed by atoms with van der Waals surface area (Å²) in [4.78, 5) is 0.824. The van der Waals surface area contributed by atoms with Crippen molar-refractivity contribution < 1.29 is 13.2 Å². The van der Waals surface area contributed by atoms with E-state index in [9.17, 15) is 13.2 Å². The number of rotatable bonds is 2. The Bertz CT molecular complexity index is 618. The minimum absolute atomic E-state index is 0.0180. The van der Waals surface area contributed by atoms with Crippen molar-refractivity contribution in [2.24, 2.45) is 5.73 Å². The molecular formula is C13H10Br2F3NS. The van der Waals surface area contributed by atoms with E-state index in [2.05, 4.69) is 31.9 Å². The van der Waals surface area contributed by atoms with Crippen molar-refractivity contribution in [2.75, 3.05) is 0 Å². The molecule has 1 atom stereocenters. The standard InChI is InChI=1S/C13H10Br2F3NS/c1-6-4-10(20-12(6)15)11(19)7-2-3-9(14)8(5-7)13(16,17)18/h2-5,11H,19H2,1H3. The number of benzene rings is 1. The number of hydrogen-bond donors (Lipinski definition) is 1. The molecule has 0 saturated carbocycles. The van der Waals surface area contributed by atoms with Crippen LogP contribution in [0.4, 0.5) is 13.2 Å². The van der Waals surface area contributed by atoms with Gasteiger partial charge in [-0.15, -0.1) is 11.3 Å². The van der Waals surface area contributed by atoms with Crippen molar-refractivity contribution in [1.29, 1.82) is 0 Å². The Morgan fingerprint density at radius 3 is 2.35 bits per heavy atom. The van der Waals surface area contributed by atoms with E-state index in [1.165, 1.54) is 17.4 Å². The molecule has 0 saturated heterocycles. The van der Waals surface area contributed by atoms with Crippen LogP contribution in [0.1, 0.15) is 27.6 Å². The van der Waals surface area contributed by atoms with E-state index in [0.717, 1.165) is 20.3 Å². The van der Waals surface area contributed by atoms with Crippen LogP contribution in [0.5, 0.6) is 0 Å². The van der Waals surface area contributed by atoms with E-state index in [0.29, 0.717) is 5.56 Å². The highest BCUT2D eigenvalue weighted by atomic mass is 79.9. The molecule has 20 heavy (non-hydrogen) atoms. The Kier molecular flexibility index (Phi) is 4.63. The summed E-state index contributed by atoms with van der Waals surface area (Å²) in [6.45, 7) is 1.92. The molecule has 0 aliphatic rings. The summed E-state index contributed by atoms with van der Waals surface area (Å²) in [7, 11) is 0. The summed E-state index contributed by atoms with van der Waals surface area (Å²) in [5.41, 5.74) is 6.82. The fraction of sp³-hybridized carbons (Fsp3) is 0.231. The fourth-order valence-corrected chi connectivity index (χ4v) is 3.83. The quantitative estimate of drug-likeness (QED) is 0.657. The summed E-state index contributed by atoms with van der Waals surface area (Å²) < 4.78 is 39.6. The average molecular weight is 429 g/mol. The fourth-order valence-electron chi connectivity index (χ4n) is 1.75. The van der Waals surface area contributed by atoms with Gasteiger partial charge in [-0.2, -0.15) is 13.2 Å². The van der Waals surface area contributed by atoms with Crippen LogP contribution in [-0.4, -0.2) is 0 Å². The zero-order valence-electron chi connectivity index (χ0n) is 10.3. The van der Waals surface area contributed by atoms with Gasteiger partial charge in [-0.3, -0.25) is 0 Å². The minimum Gasteiger partial charge on any atom is -0.320 e. The van der Waals surface area contributed by atoms with Crippen molar-refractivity contribution in [3.05, 3.63) is 54.1 Å². The zero-order valence-corrected chi connectivity index (χ0v) is 14.3. The van der Waals surface area contributed by atoms with Crippen molar-refractivity contribution in [2.45, 2.75) is 19.1 Å². The van der Waals surface area contributed by atoms with Gasteiger partial charge in [-0.1, -0.05) is 22.0 Å². The second-order valence-corrected chi connectivity index (χ2v) is 7.58. The Balaban J connectivity index is 2.43. The molecule has 2 rings (SSSR count). The van der Waals surface area contributed by atoms with Crippen LogP contribution in [0.3, 0.4) is 0 Å². The summed E-state index contributed by atoms with van der Waals surface area (Å²) in [6, 6.07) is 5.39. The Morgan fingerprint density at radius 1 is 1.20 bits per heavy atom. The Labute approximate surface area is 135 Å². The number of thiophene rings is 1. The number of halogens is 5. The molecule has 2 N–H and O–H groups in total. The average Bonchev–Trinajstić information content (AvgIpc) is 2.68. The second kappa shape index (κ2) is 5.79. The summed E-state index contributed by atoms with van der Waals surface area (Å²) >= 11 is 7.75. The lowest BCUT2D eigenvalue weighted by Crippen LogP contribution is -2.13. The van der Waals surface area contributed by atoms with Crippen molar-refractivity contribution in [3.63, 3.8) is 0 Å². The molecule has 0 fully saturated rings. The molecule has 1 aromatic heterocycles. The van der Waals surface area contributed by atoms with Gasteiger partial charge in [-0.25, -0.2) is 0 Å². The highest BCUT2D eigenvalue weighted by Crippen LogP contribution is 2.38. The molecule has 0 amide bonds. The van der Waals surface area contributed by atoms with Crippen LogP contribution >= 0.6 is 43.2 Å². The normalized spacial score (nSPS) is 13.6. The van der Waals surface area contributed by atoms with Crippen LogP contribution in [0, 0.1) is 6.92 Å². The first-order chi connectivity index (χ1) is 9.20. The SMILES string of the molecule is Cc1cc(C(N)c2ccc(Br)c(C(F)(F)F)c2)sc1Br. The van der Waals surface area contributed by atoms with E-state index < -0.39 is 17.8 Å². The zero-order chi connectivity index (χ0) is 15.1. The second-order valence-electron chi connectivity index (χ2n) is 4.32. The summed E-state index contributed by atoms with van der Waals surface area (Å²) in [6.07, 6.45) is -4.40. The highest BCUT2D eigenvalue weighted by Gasteiger charge is 2.33. The number of hydrogen-bond acceptors (Lipinski definition) is 2. The van der Waals surface area contributed by atoms with Gasteiger partial charge in [0.2, 0.25) is 0 Å². The number of aryl methyl sites for hydroxylation is 1. The predicted molar refractivity (Wildman–Crippen MR) is 81.9 cm³/mol. The lowest BCUT2D eigenvalue weighted by molar-refractivity contribution is -0.138. The third-order valence-corrected chi connectivity index (χ3v) is 5.75. The third kappa shape index (κ3) is 3.27. The molecule has 2 aromatic rings. The maximum absolute atomic E-state index is 12.9. The van der Waals surface area contributed by atoms with Crippen LogP contribution in [0.2, 0.25) is 0 Å². The van der Waals surface area contributed by atoms with Crippen LogP contribution in [0.25, 0.3) is 0 Å². The first kappa shape index (κ1) is 16.0. The van der Waals surface area contributed by atoms with E-state index in [1.807, 2.05) is 13.0 Å². The van der Waals surface area contributed by atoms with Gasteiger partial charge in [0.1, 0.15) is 0 Å². The minimum atomic E-state index is -4.40. The van der Waals surface area contributed by atoms with Gasteiger partial charge >= 0.3 is 6.18 Å². The van der Waals surface area contributed by atoms with Gasteiger partial charge in [-0.05, 0) is 52.2 Å². The van der Waals surface area contributed by atoms with Gasteiger partial charge in [0, 0.05) is 9.35 Å². The molecule has 1 unspecified atom stereocenters. The van der Waals surface area contributed by atoms with Gasteiger partial charge in [0.25, 0.3) is 0 Å². The van der Waals surface area contributed by atoms with Gasteiger partial charge in [0.05, 0.1) is 15.4 Å². The molecule has 108 valence electrons.